The molecule has 0 N–H and O–H groups in total. The summed E-state index contributed by atoms with van der Waals surface area (Å²) >= 11 is 3.65. The number of nitrogens with zero attached hydrogens (tertiary/aromatic N) is 1. The number of rotatable bonds is 2. The van der Waals surface area contributed by atoms with E-state index in [4.69, 9.17) is 4.98 Å². The van der Waals surface area contributed by atoms with E-state index in [-0.39, 0.29) is 0 Å². The van der Waals surface area contributed by atoms with Gasteiger partial charge in [-0.05, 0) is 54.5 Å². The Balaban J connectivity index is 2.33. The minimum absolute atomic E-state index is 0.946. The van der Waals surface area contributed by atoms with E-state index in [1.165, 1.54) is 40.6 Å². The summed E-state index contributed by atoms with van der Waals surface area (Å²) in [5.74, 6) is 0. The highest BCUT2D eigenvalue weighted by atomic mass is 79.9. The van der Waals surface area contributed by atoms with Crippen molar-refractivity contribution in [2.24, 2.45) is 0 Å². The van der Waals surface area contributed by atoms with Crippen molar-refractivity contribution in [3.63, 3.8) is 0 Å². The van der Waals surface area contributed by atoms with E-state index in [1.54, 1.807) is 0 Å². The lowest BCUT2D eigenvalue weighted by Gasteiger charge is -2.11. The molecule has 0 radical (unpaired) electrons. The molecule has 1 aromatic carbocycles. The average Bonchev–Trinajstić information content (AvgIpc) is 2.82. The van der Waals surface area contributed by atoms with Crippen molar-refractivity contribution < 1.29 is 0 Å². The molecule has 2 heteroatoms. The number of benzene rings is 1. The van der Waals surface area contributed by atoms with Gasteiger partial charge in [-0.2, -0.15) is 0 Å². The van der Waals surface area contributed by atoms with Crippen LogP contribution in [0.2, 0.25) is 0 Å². The van der Waals surface area contributed by atoms with E-state index in [2.05, 4.69) is 41.1 Å². The van der Waals surface area contributed by atoms with Crippen LogP contribution in [0.5, 0.6) is 0 Å². The Hall–Kier alpha value is -0.890. The first-order valence-electron chi connectivity index (χ1n) is 6.32. The second kappa shape index (κ2) is 4.41. The smallest absolute Gasteiger partial charge is 0.0708 e. The fraction of sp³-hybridized carbons (Fsp3) is 0.400. The predicted octanol–water partition coefficient (Wildman–Crippen LogP) is 4.18. The SMILES string of the molecule is CCc1ccc2nc3c(c(CBr)c2c1)CCC3. The van der Waals surface area contributed by atoms with E-state index < -0.39 is 0 Å². The zero-order chi connectivity index (χ0) is 11.8. The largest absolute Gasteiger partial charge is 0.253 e. The highest BCUT2D eigenvalue weighted by molar-refractivity contribution is 9.08. The fourth-order valence-electron chi connectivity index (χ4n) is 2.78. The molecule has 1 nitrogen and oxygen atoms in total. The van der Waals surface area contributed by atoms with E-state index in [0.29, 0.717) is 0 Å². The second-order valence-electron chi connectivity index (χ2n) is 4.71. The Labute approximate surface area is 110 Å². The molecule has 0 saturated carbocycles. The van der Waals surface area contributed by atoms with Gasteiger partial charge in [0, 0.05) is 16.4 Å². The number of pyridine rings is 1. The van der Waals surface area contributed by atoms with Crippen LogP contribution in [0, 0.1) is 0 Å². The molecule has 0 unspecified atom stereocenters. The molecule has 0 amide bonds. The molecule has 1 aliphatic rings. The molecule has 17 heavy (non-hydrogen) atoms. The summed E-state index contributed by atoms with van der Waals surface area (Å²) < 4.78 is 0. The van der Waals surface area contributed by atoms with Gasteiger partial charge in [-0.15, -0.1) is 0 Å². The number of fused-ring (bicyclic) bond motifs is 2. The summed E-state index contributed by atoms with van der Waals surface area (Å²) in [5, 5.41) is 2.29. The predicted molar refractivity (Wildman–Crippen MR) is 75.8 cm³/mol. The topological polar surface area (TPSA) is 12.9 Å². The van der Waals surface area contributed by atoms with Crippen LogP contribution in [0.25, 0.3) is 10.9 Å². The van der Waals surface area contributed by atoms with Crippen LogP contribution in [0.4, 0.5) is 0 Å². The third-order valence-corrected chi connectivity index (χ3v) is 4.30. The molecular weight excluding hydrogens is 274 g/mol. The van der Waals surface area contributed by atoms with Crippen molar-refractivity contribution in [2.45, 2.75) is 37.9 Å². The van der Waals surface area contributed by atoms with Crippen molar-refractivity contribution in [3.05, 3.63) is 40.6 Å². The van der Waals surface area contributed by atoms with E-state index >= 15 is 0 Å². The average molecular weight is 290 g/mol. The summed E-state index contributed by atoms with van der Waals surface area (Å²) in [4.78, 5) is 4.82. The van der Waals surface area contributed by atoms with Crippen LogP contribution >= 0.6 is 15.9 Å². The molecule has 2 aromatic rings. The van der Waals surface area contributed by atoms with Gasteiger partial charge >= 0.3 is 0 Å². The molecule has 3 rings (SSSR count). The van der Waals surface area contributed by atoms with Gasteiger partial charge in [0.05, 0.1) is 5.52 Å². The Morgan fingerprint density at radius 3 is 2.94 bits per heavy atom. The number of hydrogen-bond donors (Lipinski definition) is 0. The highest BCUT2D eigenvalue weighted by Gasteiger charge is 2.18. The summed E-state index contributed by atoms with van der Waals surface area (Å²) in [6, 6.07) is 6.70. The van der Waals surface area contributed by atoms with Gasteiger partial charge in [0.2, 0.25) is 0 Å². The third kappa shape index (κ3) is 1.79. The maximum absolute atomic E-state index is 4.82. The molecule has 1 aliphatic carbocycles. The van der Waals surface area contributed by atoms with Gasteiger partial charge in [-0.1, -0.05) is 28.9 Å². The number of aromatic nitrogens is 1. The number of hydrogen-bond acceptors (Lipinski definition) is 1. The lowest BCUT2D eigenvalue weighted by molar-refractivity contribution is 0.900. The first kappa shape index (κ1) is 11.2. The Bertz CT molecular complexity index is 575. The monoisotopic (exact) mass is 289 g/mol. The lowest BCUT2D eigenvalue weighted by Crippen LogP contribution is -1.97. The van der Waals surface area contributed by atoms with Crippen LogP contribution in [0.3, 0.4) is 0 Å². The fourth-order valence-corrected chi connectivity index (χ4v) is 3.42. The van der Waals surface area contributed by atoms with Crippen molar-refractivity contribution >= 4 is 26.8 Å². The number of aryl methyl sites for hydroxylation is 2. The molecule has 1 aromatic heterocycles. The van der Waals surface area contributed by atoms with E-state index in [0.717, 1.165) is 23.7 Å². The quantitative estimate of drug-likeness (QED) is 0.756. The Kier molecular flexibility index (Phi) is 2.91. The van der Waals surface area contributed by atoms with Gasteiger partial charge < -0.3 is 0 Å². The van der Waals surface area contributed by atoms with Gasteiger partial charge in [-0.3, -0.25) is 4.98 Å². The second-order valence-corrected chi connectivity index (χ2v) is 5.27. The first-order chi connectivity index (χ1) is 8.33. The zero-order valence-electron chi connectivity index (χ0n) is 10.1. The van der Waals surface area contributed by atoms with Crippen molar-refractivity contribution in [3.8, 4) is 0 Å². The maximum Gasteiger partial charge on any atom is 0.0708 e. The van der Waals surface area contributed by atoms with Gasteiger partial charge in [0.15, 0.2) is 0 Å². The van der Waals surface area contributed by atoms with E-state index in [9.17, 15) is 0 Å². The first-order valence-corrected chi connectivity index (χ1v) is 7.45. The van der Waals surface area contributed by atoms with Crippen LogP contribution in [-0.4, -0.2) is 4.98 Å². The molecule has 0 bridgehead atoms. The molecule has 0 aliphatic heterocycles. The molecule has 88 valence electrons. The van der Waals surface area contributed by atoms with Crippen LogP contribution in [0.15, 0.2) is 18.2 Å². The van der Waals surface area contributed by atoms with Crippen molar-refractivity contribution in [1.29, 1.82) is 0 Å². The van der Waals surface area contributed by atoms with Crippen molar-refractivity contribution in [2.75, 3.05) is 0 Å². The lowest BCUT2D eigenvalue weighted by atomic mass is 10.0. The maximum atomic E-state index is 4.82. The minimum atomic E-state index is 0.946. The highest BCUT2D eigenvalue weighted by Crippen LogP contribution is 2.31. The van der Waals surface area contributed by atoms with Gasteiger partial charge in [0.25, 0.3) is 0 Å². The Morgan fingerprint density at radius 1 is 1.29 bits per heavy atom. The standard InChI is InChI=1S/C15H16BrN/c1-2-10-6-7-15-12(8-10)13(9-16)11-4-3-5-14(11)17-15/h6-8H,2-5,9H2,1H3. The van der Waals surface area contributed by atoms with Crippen molar-refractivity contribution in [1.82, 2.24) is 4.98 Å². The molecular formula is C15H16BrN. The summed E-state index contributed by atoms with van der Waals surface area (Å²) in [6.45, 7) is 2.20. The summed E-state index contributed by atoms with van der Waals surface area (Å²) in [7, 11) is 0. The van der Waals surface area contributed by atoms with Gasteiger partial charge in [-0.25, -0.2) is 0 Å². The van der Waals surface area contributed by atoms with Gasteiger partial charge in [0.1, 0.15) is 0 Å². The third-order valence-electron chi connectivity index (χ3n) is 3.74. The molecule has 1 heterocycles. The van der Waals surface area contributed by atoms with Crippen LogP contribution in [-0.2, 0) is 24.6 Å². The number of alkyl halides is 1. The normalized spacial score (nSPS) is 14.2. The van der Waals surface area contributed by atoms with Crippen LogP contribution in [0.1, 0.15) is 35.7 Å². The number of halogens is 1. The van der Waals surface area contributed by atoms with Crippen LogP contribution < -0.4 is 0 Å². The zero-order valence-corrected chi connectivity index (χ0v) is 11.7. The molecule has 0 spiro atoms. The molecule has 0 saturated heterocycles. The molecule has 0 atom stereocenters. The molecule has 0 fully saturated rings. The summed E-state index contributed by atoms with van der Waals surface area (Å²) in [6.07, 6.45) is 4.71. The minimum Gasteiger partial charge on any atom is -0.253 e. The summed E-state index contributed by atoms with van der Waals surface area (Å²) in [5.41, 5.74) is 6.87. The van der Waals surface area contributed by atoms with E-state index in [1.807, 2.05) is 0 Å². The Morgan fingerprint density at radius 2 is 2.18 bits per heavy atom.